The minimum atomic E-state index is -0.508. The van der Waals surface area contributed by atoms with Gasteiger partial charge in [-0.2, -0.15) is 0 Å². The van der Waals surface area contributed by atoms with E-state index in [1.54, 1.807) is 21.6 Å². The summed E-state index contributed by atoms with van der Waals surface area (Å²) in [5, 5.41) is 8.47. The summed E-state index contributed by atoms with van der Waals surface area (Å²) in [6.45, 7) is 0.755. The molecule has 0 aliphatic heterocycles. The van der Waals surface area contributed by atoms with E-state index in [0.717, 1.165) is 29.9 Å². The summed E-state index contributed by atoms with van der Waals surface area (Å²) in [6.07, 6.45) is 1.67. The molecule has 4 aromatic rings. The Bertz CT molecular complexity index is 1390. The highest BCUT2D eigenvalue weighted by Crippen LogP contribution is 2.28. The van der Waals surface area contributed by atoms with E-state index in [1.165, 1.54) is 36.9 Å². The first-order chi connectivity index (χ1) is 21.4. The van der Waals surface area contributed by atoms with Crippen LogP contribution in [0.3, 0.4) is 0 Å². The van der Waals surface area contributed by atoms with Crippen LogP contribution >= 0.6 is 44.3 Å². The number of rotatable bonds is 19. The zero-order valence-electron chi connectivity index (χ0n) is 24.7. The summed E-state index contributed by atoms with van der Waals surface area (Å²) in [4.78, 5) is 51.4. The second kappa shape index (κ2) is 17.7. The highest BCUT2D eigenvalue weighted by Gasteiger charge is 2.21. The third kappa shape index (κ3) is 9.88. The van der Waals surface area contributed by atoms with Gasteiger partial charge in [-0.3, -0.25) is 19.2 Å². The fourth-order valence-corrected chi connectivity index (χ4v) is 8.79. The van der Waals surface area contributed by atoms with Crippen molar-refractivity contribution in [1.82, 2.24) is 10.6 Å². The number of fused-ring (bicyclic) bond motifs is 2. The lowest BCUT2D eigenvalue weighted by Gasteiger charge is -2.17. The molecule has 0 aliphatic carbocycles. The van der Waals surface area contributed by atoms with E-state index in [0.29, 0.717) is 50.3 Å². The van der Waals surface area contributed by atoms with Crippen LogP contribution in [0.4, 0.5) is 0 Å². The van der Waals surface area contributed by atoms with Crippen LogP contribution in [-0.2, 0) is 19.1 Å². The highest BCUT2D eigenvalue weighted by atomic mass is 33.1. The van der Waals surface area contributed by atoms with Gasteiger partial charge in [-0.15, -0.1) is 22.7 Å². The maximum Gasteiger partial charge on any atom is 0.322 e. The smallest absolute Gasteiger partial charge is 0.322 e. The van der Waals surface area contributed by atoms with Gasteiger partial charge < -0.3 is 20.1 Å². The van der Waals surface area contributed by atoms with Gasteiger partial charge in [0.05, 0.1) is 24.0 Å². The maximum atomic E-state index is 12.7. The van der Waals surface area contributed by atoms with Crippen molar-refractivity contribution >= 4 is 87.9 Å². The third-order valence-corrected chi connectivity index (χ3v) is 11.7. The molecule has 2 N–H and O–H groups in total. The number of hydrogen-bond donors (Lipinski definition) is 2. The number of ether oxygens (including phenoxy) is 2. The number of thiophene rings is 2. The molecular formula is C32H36N2O6S4. The molecule has 12 heteroatoms. The molecule has 2 unspecified atom stereocenters. The van der Waals surface area contributed by atoms with Crippen molar-refractivity contribution in [2.45, 2.75) is 37.8 Å². The number of esters is 2. The first-order valence-electron chi connectivity index (χ1n) is 14.3. The van der Waals surface area contributed by atoms with Gasteiger partial charge in [-0.25, -0.2) is 0 Å². The number of Topliss-reactive ketones (excluding diaryl/α,β-unsaturated/α-hetero) is 2. The van der Waals surface area contributed by atoms with Crippen LogP contribution in [0.5, 0.6) is 0 Å². The van der Waals surface area contributed by atoms with Crippen LogP contribution in [-0.4, -0.2) is 74.4 Å². The second-order valence-electron chi connectivity index (χ2n) is 9.92. The van der Waals surface area contributed by atoms with Crippen LogP contribution in [0.2, 0.25) is 0 Å². The van der Waals surface area contributed by atoms with Crippen molar-refractivity contribution in [2.24, 2.45) is 0 Å². The van der Waals surface area contributed by atoms with Crippen LogP contribution in [0.1, 0.15) is 45.0 Å². The minimum Gasteiger partial charge on any atom is -0.468 e. The molecule has 0 aliphatic rings. The number of benzene rings is 2. The summed E-state index contributed by atoms with van der Waals surface area (Å²) in [6, 6.07) is 18.6. The zero-order valence-corrected chi connectivity index (χ0v) is 27.9. The van der Waals surface area contributed by atoms with E-state index in [2.05, 4.69) is 10.6 Å². The normalized spacial score (nSPS) is 12.7. The molecule has 44 heavy (non-hydrogen) atoms. The van der Waals surface area contributed by atoms with E-state index < -0.39 is 12.1 Å². The quantitative estimate of drug-likeness (QED) is 0.0504. The summed E-state index contributed by atoms with van der Waals surface area (Å²) in [5.41, 5.74) is 0. The molecule has 0 amide bonds. The Labute approximate surface area is 273 Å². The van der Waals surface area contributed by atoms with Crippen molar-refractivity contribution in [3.05, 3.63) is 70.4 Å². The molecule has 0 saturated carbocycles. The van der Waals surface area contributed by atoms with Crippen LogP contribution in [0.25, 0.3) is 20.2 Å². The Hall–Kier alpha value is -2.74. The maximum absolute atomic E-state index is 12.7. The molecule has 0 saturated heterocycles. The summed E-state index contributed by atoms with van der Waals surface area (Å²) >= 11 is 2.97. The summed E-state index contributed by atoms with van der Waals surface area (Å²) in [5.74, 6) is 0.745. The molecule has 0 bridgehead atoms. The predicted molar refractivity (Wildman–Crippen MR) is 183 cm³/mol. The average Bonchev–Trinajstić information content (AvgIpc) is 3.68. The third-order valence-electron chi connectivity index (χ3n) is 6.92. The van der Waals surface area contributed by atoms with E-state index >= 15 is 0 Å². The number of nitrogens with one attached hydrogen (secondary N) is 2. The first kappa shape index (κ1) is 34.1. The van der Waals surface area contributed by atoms with Gasteiger partial charge in [0.25, 0.3) is 0 Å². The fourth-order valence-electron chi connectivity index (χ4n) is 4.55. The molecule has 0 spiro atoms. The zero-order chi connectivity index (χ0) is 31.3. The molecule has 2 atom stereocenters. The topological polar surface area (TPSA) is 111 Å². The van der Waals surface area contributed by atoms with Crippen LogP contribution in [0, 0.1) is 0 Å². The minimum absolute atomic E-state index is 0.0467. The molecule has 0 radical (unpaired) electrons. The highest BCUT2D eigenvalue weighted by molar-refractivity contribution is 8.76. The van der Waals surface area contributed by atoms with Crippen molar-refractivity contribution in [3.63, 3.8) is 0 Å². The molecule has 4 rings (SSSR count). The Kier molecular flexibility index (Phi) is 13.7. The lowest BCUT2D eigenvalue weighted by Crippen LogP contribution is -2.39. The summed E-state index contributed by atoms with van der Waals surface area (Å²) < 4.78 is 12.1. The number of ketones is 2. The number of carbonyl (C=O) groups is 4. The largest absolute Gasteiger partial charge is 0.468 e. The van der Waals surface area contributed by atoms with Gasteiger partial charge in [0.2, 0.25) is 0 Å². The van der Waals surface area contributed by atoms with E-state index in [4.69, 9.17) is 9.47 Å². The van der Waals surface area contributed by atoms with E-state index in [-0.39, 0.29) is 23.5 Å². The molecule has 8 nitrogen and oxygen atoms in total. The van der Waals surface area contributed by atoms with Gasteiger partial charge in [-0.1, -0.05) is 58.0 Å². The Morgan fingerprint density at radius 2 is 1.09 bits per heavy atom. The molecule has 2 aromatic heterocycles. The Balaban J connectivity index is 1.13. The lowest BCUT2D eigenvalue weighted by molar-refractivity contribution is -0.144. The van der Waals surface area contributed by atoms with Crippen LogP contribution in [0.15, 0.2) is 60.7 Å². The molecule has 0 fully saturated rings. The second-order valence-corrected chi connectivity index (χ2v) is 14.8. The molecule has 2 aromatic carbocycles. The van der Waals surface area contributed by atoms with Gasteiger partial charge in [-0.05, 0) is 47.9 Å². The lowest BCUT2D eigenvalue weighted by atomic mass is 10.2. The fraction of sp³-hybridized carbons (Fsp3) is 0.375. The number of carbonyl (C=O) groups excluding carboxylic acids is 4. The van der Waals surface area contributed by atoms with Crippen molar-refractivity contribution in [1.29, 1.82) is 0 Å². The van der Waals surface area contributed by atoms with Crippen molar-refractivity contribution in [3.8, 4) is 0 Å². The van der Waals surface area contributed by atoms with Crippen molar-refractivity contribution < 1.29 is 28.7 Å². The van der Waals surface area contributed by atoms with Crippen LogP contribution < -0.4 is 10.6 Å². The van der Waals surface area contributed by atoms with Crippen molar-refractivity contribution in [2.75, 3.05) is 38.8 Å². The predicted octanol–water partition coefficient (Wildman–Crippen LogP) is 6.39. The average molecular weight is 673 g/mol. The molecule has 234 valence electrons. The number of hydrogen-bond acceptors (Lipinski definition) is 12. The summed E-state index contributed by atoms with van der Waals surface area (Å²) in [7, 11) is 5.93. The SMILES string of the molecule is COC(=O)C(CCSSCCC(NCCC(=O)c1cc2ccccc2s1)C(=O)OC)NCCC(=O)c1cc2ccccc2s1. The van der Waals surface area contributed by atoms with Gasteiger partial charge in [0.15, 0.2) is 11.6 Å². The molecule has 2 heterocycles. The number of methoxy groups -OCH3 is 2. The van der Waals surface area contributed by atoms with Gasteiger partial charge >= 0.3 is 11.9 Å². The van der Waals surface area contributed by atoms with E-state index in [9.17, 15) is 19.2 Å². The van der Waals surface area contributed by atoms with Gasteiger partial charge in [0, 0.05) is 46.8 Å². The van der Waals surface area contributed by atoms with Gasteiger partial charge in [0.1, 0.15) is 12.1 Å². The monoisotopic (exact) mass is 672 g/mol. The Morgan fingerprint density at radius 1 is 0.682 bits per heavy atom. The van der Waals surface area contributed by atoms with E-state index in [1.807, 2.05) is 60.7 Å². The first-order valence-corrected chi connectivity index (χ1v) is 18.4. The standard InChI is InChI=1S/C32H36N2O6S4/c1-39-31(37)23(33-15-11-25(35)29-19-21-7-3-5-9-27(21)43-29)13-17-41-42-18-14-24(32(38)40-2)34-16-12-26(36)30-20-22-8-4-6-10-28(22)44-30/h3-10,19-20,23-24,33-34H,11-18H2,1-2H3. The molecular weight excluding hydrogens is 637 g/mol. The Morgan fingerprint density at radius 3 is 1.48 bits per heavy atom.